The topological polar surface area (TPSA) is 68.2 Å². The molecular formula is C21H24N2O4S. The molecule has 1 aromatic rings. The fraction of sp³-hybridized carbons (Fsp3) is 0.476. The van der Waals surface area contributed by atoms with E-state index in [1.54, 1.807) is 30.9 Å². The largest absolute Gasteiger partial charge is 0.493 e. The third kappa shape index (κ3) is 3.11. The molecule has 4 rings (SSSR count). The van der Waals surface area contributed by atoms with E-state index in [9.17, 15) is 9.59 Å². The molecule has 0 radical (unpaired) electrons. The molecule has 1 aliphatic carbocycles. The van der Waals surface area contributed by atoms with Crippen molar-refractivity contribution in [2.24, 2.45) is 10.4 Å². The molecule has 0 bridgehead atoms. The summed E-state index contributed by atoms with van der Waals surface area (Å²) in [5.41, 5.74) is 2.16. The number of Topliss-reactive ketones (excluding diaryl/α,β-unsaturated/α-hetero) is 1. The van der Waals surface area contributed by atoms with Crippen LogP contribution in [0.25, 0.3) is 0 Å². The van der Waals surface area contributed by atoms with Crippen molar-refractivity contribution in [1.29, 1.82) is 0 Å². The van der Waals surface area contributed by atoms with Crippen molar-refractivity contribution in [3.8, 4) is 11.5 Å². The first-order valence-corrected chi connectivity index (χ1v) is 10.3. The van der Waals surface area contributed by atoms with E-state index in [-0.39, 0.29) is 17.1 Å². The van der Waals surface area contributed by atoms with Crippen molar-refractivity contribution in [3.05, 3.63) is 35.0 Å². The zero-order valence-corrected chi connectivity index (χ0v) is 17.4. The van der Waals surface area contributed by atoms with Gasteiger partial charge in [-0.3, -0.25) is 14.5 Å². The average molecular weight is 401 g/mol. The number of nitrogens with zero attached hydrogens (tertiary/aromatic N) is 2. The number of carbonyl (C=O) groups excluding carboxylic acids is 2. The number of ketones is 1. The van der Waals surface area contributed by atoms with Gasteiger partial charge in [0.15, 0.2) is 22.4 Å². The number of aliphatic imine (C=N–C) groups is 1. The Balaban J connectivity index is 1.89. The van der Waals surface area contributed by atoms with Crippen molar-refractivity contribution >= 4 is 28.6 Å². The molecule has 2 heterocycles. The summed E-state index contributed by atoms with van der Waals surface area (Å²) < 4.78 is 10.8. The zero-order chi connectivity index (χ0) is 20.1. The van der Waals surface area contributed by atoms with Crippen LogP contribution in [-0.2, 0) is 9.59 Å². The third-order valence-corrected chi connectivity index (χ3v) is 6.36. The summed E-state index contributed by atoms with van der Waals surface area (Å²) in [5, 5.41) is 0.695. The molecule has 1 aromatic carbocycles. The second-order valence-corrected chi connectivity index (χ2v) is 9.14. The van der Waals surface area contributed by atoms with Gasteiger partial charge in [0.25, 0.3) is 0 Å². The van der Waals surface area contributed by atoms with E-state index in [0.29, 0.717) is 40.8 Å². The zero-order valence-electron chi connectivity index (χ0n) is 16.6. The summed E-state index contributed by atoms with van der Waals surface area (Å²) in [5.74, 6) is 1.97. The highest BCUT2D eigenvalue weighted by Gasteiger charge is 2.45. The van der Waals surface area contributed by atoms with Crippen LogP contribution < -0.4 is 9.47 Å². The Bertz CT molecular complexity index is 919. The Morgan fingerprint density at radius 1 is 1.14 bits per heavy atom. The Morgan fingerprint density at radius 3 is 2.61 bits per heavy atom. The van der Waals surface area contributed by atoms with Gasteiger partial charge in [0.05, 0.1) is 26.0 Å². The van der Waals surface area contributed by atoms with Crippen LogP contribution in [0.5, 0.6) is 11.5 Å². The van der Waals surface area contributed by atoms with Crippen molar-refractivity contribution < 1.29 is 19.1 Å². The monoisotopic (exact) mass is 400 g/mol. The molecule has 1 amide bonds. The number of hydrogen-bond donors (Lipinski definition) is 0. The lowest BCUT2D eigenvalue weighted by molar-refractivity contribution is -0.128. The number of hydrogen-bond acceptors (Lipinski definition) is 6. The highest BCUT2D eigenvalue weighted by atomic mass is 32.2. The second-order valence-electron chi connectivity index (χ2n) is 8.07. The van der Waals surface area contributed by atoms with E-state index < -0.39 is 6.04 Å². The predicted molar refractivity (Wildman–Crippen MR) is 109 cm³/mol. The number of carbonyl (C=O) groups is 2. The van der Waals surface area contributed by atoms with Crippen molar-refractivity contribution in [1.82, 2.24) is 4.90 Å². The molecule has 0 unspecified atom stereocenters. The average Bonchev–Trinajstić information content (AvgIpc) is 2.65. The van der Waals surface area contributed by atoms with Crippen LogP contribution >= 0.6 is 11.8 Å². The molecule has 0 spiro atoms. The molecule has 0 aromatic heterocycles. The maximum absolute atomic E-state index is 13.2. The van der Waals surface area contributed by atoms with Crippen LogP contribution in [0.4, 0.5) is 0 Å². The predicted octanol–water partition coefficient (Wildman–Crippen LogP) is 3.72. The number of allylic oxidation sites excluding steroid dienone is 1. The summed E-state index contributed by atoms with van der Waals surface area (Å²) in [4.78, 5) is 32.5. The van der Waals surface area contributed by atoms with Crippen LogP contribution in [0.15, 0.2) is 34.5 Å². The minimum atomic E-state index is -0.466. The van der Waals surface area contributed by atoms with Crippen LogP contribution in [-0.4, -0.2) is 41.7 Å². The van der Waals surface area contributed by atoms with Crippen LogP contribution in [0.2, 0.25) is 0 Å². The van der Waals surface area contributed by atoms with Gasteiger partial charge in [0.2, 0.25) is 5.91 Å². The standard InChI is InChI=1S/C21H24N2O4S/c1-21(2)10-13-18(14(24)11-21)19(23-17(25)7-8-28-20(23)22-13)12-5-6-15(26-3)16(9-12)27-4/h5-6,9,19H,7-8,10-11H2,1-4H3/t19-/m0/s1. The summed E-state index contributed by atoms with van der Waals surface area (Å²) in [6.45, 7) is 4.18. The number of benzene rings is 1. The van der Waals surface area contributed by atoms with Gasteiger partial charge in [-0.15, -0.1) is 0 Å². The molecule has 1 atom stereocenters. The Hall–Kier alpha value is -2.28. The Kier molecular flexibility index (Phi) is 4.73. The molecule has 7 heteroatoms. The van der Waals surface area contributed by atoms with E-state index in [1.807, 2.05) is 18.2 Å². The maximum Gasteiger partial charge on any atom is 0.230 e. The number of amides is 1. The number of rotatable bonds is 3. The van der Waals surface area contributed by atoms with Gasteiger partial charge in [-0.25, -0.2) is 4.99 Å². The Morgan fingerprint density at radius 2 is 1.89 bits per heavy atom. The van der Waals surface area contributed by atoms with E-state index in [0.717, 1.165) is 17.7 Å². The van der Waals surface area contributed by atoms with Gasteiger partial charge in [-0.05, 0) is 29.5 Å². The summed E-state index contributed by atoms with van der Waals surface area (Å²) in [7, 11) is 3.16. The number of methoxy groups -OCH3 is 2. The second kappa shape index (κ2) is 6.95. The number of ether oxygens (including phenoxy) is 2. The minimum absolute atomic E-state index is 0.00136. The molecule has 0 saturated carbocycles. The lowest BCUT2D eigenvalue weighted by Crippen LogP contribution is -2.47. The van der Waals surface area contributed by atoms with E-state index in [4.69, 9.17) is 14.5 Å². The number of fused-ring (bicyclic) bond motifs is 1. The first kappa shape index (κ1) is 19.1. The van der Waals surface area contributed by atoms with Crippen LogP contribution in [0.3, 0.4) is 0 Å². The van der Waals surface area contributed by atoms with Crippen LogP contribution in [0.1, 0.15) is 44.7 Å². The SMILES string of the molecule is COc1ccc([C@H]2C3=C(CC(C)(C)CC3=O)N=C3SCCC(=O)N32)cc1OC. The van der Waals surface area contributed by atoms with E-state index in [2.05, 4.69) is 13.8 Å². The fourth-order valence-electron chi connectivity index (χ4n) is 4.16. The molecule has 28 heavy (non-hydrogen) atoms. The molecular weight excluding hydrogens is 376 g/mol. The van der Waals surface area contributed by atoms with Crippen LogP contribution in [0, 0.1) is 5.41 Å². The van der Waals surface area contributed by atoms with E-state index in [1.165, 1.54) is 0 Å². The molecule has 0 N–H and O–H groups in total. The first-order valence-electron chi connectivity index (χ1n) is 9.36. The number of thioether (sulfide) groups is 1. The van der Waals surface area contributed by atoms with Gasteiger partial charge in [0.1, 0.15) is 0 Å². The van der Waals surface area contributed by atoms with Gasteiger partial charge < -0.3 is 9.47 Å². The van der Waals surface area contributed by atoms with Crippen molar-refractivity contribution in [2.75, 3.05) is 20.0 Å². The molecule has 148 valence electrons. The lowest BCUT2D eigenvalue weighted by atomic mass is 9.73. The smallest absolute Gasteiger partial charge is 0.230 e. The summed E-state index contributed by atoms with van der Waals surface area (Å²) in [6.07, 6.45) is 1.62. The van der Waals surface area contributed by atoms with E-state index >= 15 is 0 Å². The maximum atomic E-state index is 13.2. The van der Waals surface area contributed by atoms with Crippen molar-refractivity contribution in [2.45, 2.75) is 39.2 Å². The molecule has 3 aliphatic rings. The highest BCUT2D eigenvalue weighted by molar-refractivity contribution is 8.14. The summed E-state index contributed by atoms with van der Waals surface area (Å²) in [6, 6.07) is 5.11. The molecule has 1 saturated heterocycles. The number of amidine groups is 1. The molecule has 1 fully saturated rings. The van der Waals surface area contributed by atoms with Gasteiger partial charge in [-0.1, -0.05) is 31.7 Å². The van der Waals surface area contributed by atoms with Gasteiger partial charge in [-0.2, -0.15) is 0 Å². The normalized spacial score (nSPS) is 23.8. The summed E-state index contributed by atoms with van der Waals surface area (Å²) >= 11 is 1.58. The first-order chi connectivity index (χ1) is 13.3. The molecule has 6 nitrogen and oxygen atoms in total. The van der Waals surface area contributed by atoms with Gasteiger partial charge >= 0.3 is 0 Å². The fourth-order valence-corrected chi connectivity index (χ4v) is 5.14. The van der Waals surface area contributed by atoms with Gasteiger partial charge in [0, 0.05) is 24.2 Å². The minimum Gasteiger partial charge on any atom is -0.493 e. The quantitative estimate of drug-likeness (QED) is 0.773. The van der Waals surface area contributed by atoms with Crippen molar-refractivity contribution in [3.63, 3.8) is 0 Å². The molecule has 2 aliphatic heterocycles. The lowest BCUT2D eigenvalue weighted by Gasteiger charge is -2.43. The highest BCUT2D eigenvalue weighted by Crippen LogP contribution is 2.48. The third-order valence-electron chi connectivity index (χ3n) is 5.40. The Labute approximate surface area is 169 Å².